The second-order valence-electron chi connectivity index (χ2n) is 6.56. The Kier molecular flexibility index (Phi) is 4.28. The molecule has 3 heterocycles. The quantitative estimate of drug-likeness (QED) is 0.724. The van der Waals surface area contributed by atoms with Gasteiger partial charge in [0.15, 0.2) is 5.65 Å². The van der Waals surface area contributed by atoms with Crippen molar-refractivity contribution in [3.05, 3.63) is 47.9 Å². The molecule has 3 aromatic rings. The van der Waals surface area contributed by atoms with E-state index in [9.17, 15) is 4.79 Å². The lowest BCUT2D eigenvalue weighted by molar-refractivity contribution is 0.0705. The number of amides is 1. The lowest BCUT2D eigenvalue weighted by Crippen LogP contribution is -2.39. The number of likely N-dealkylation sites (tertiary alicyclic amines) is 1. The van der Waals surface area contributed by atoms with E-state index in [-0.39, 0.29) is 11.8 Å². The van der Waals surface area contributed by atoms with Gasteiger partial charge in [-0.1, -0.05) is 6.07 Å². The highest BCUT2D eigenvalue weighted by atomic mass is 16.5. The molecule has 2 aromatic heterocycles. The molecule has 1 fully saturated rings. The fraction of sp³-hybridized carbons (Fsp3) is 0.368. The van der Waals surface area contributed by atoms with Crippen molar-refractivity contribution in [1.29, 1.82) is 0 Å². The molecule has 0 radical (unpaired) electrons. The summed E-state index contributed by atoms with van der Waals surface area (Å²) in [6.45, 7) is 1.39. The zero-order valence-electron chi connectivity index (χ0n) is 14.9. The van der Waals surface area contributed by atoms with Gasteiger partial charge in [-0.3, -0.25) is 4.79 Å². The molecular weight excluding hydrogens is 330 g/mol. The molecule has 0 unspecified atom stereocenters. The van der Waals surface area contributed by atoms with Gasteiger partial charge in [0.1, 0.15) is 11.3 Å². The van der Waals surface area contributed by atoms with E-state index in [1.54, 1.807) is 30.3 Å². The van der Waals surface area contributed by atoms with Crippen molar-refractivity contribution in [3.8, 4) is 5.75 Å². The molecule has 1 saturated heterocycles. The molecule has 0 saturated carbocycles. The van der Waals surface area contributed by atoms with Crippen LogP contribution in [-0.2, 0) is 7.05 Å². The second-order valence-corrected chi connectivity index (χ2v) is 6.56. The Balaban J connectivity index is 1.60. The number of hydrogen-bond acceptors (Lipinski definition) is 5. The molecule has 26 heavy (non-hydrogen) atoms. The molecule has 0 N–H and O–H groups in total. The van der Waals surface area contributed by atoms with Crippen LogP contribution in [0, 0.1) is 0 Å². The van der Waals surface area contributed by atoms with Crippen LogP contribution in [0.1, 0.15) is 34.8 Å². The van der Waals surface area contributed by atoms with Gasteiger partial charge in [0.2, 0.25) is 0 Å². The number of carbonyl (C=O) groups is 1. The average molecular weight is 351 g/mol. The standard InChI is InChI=1S/C19H21N5O2/c1-23-18-17(20-8-9-21-18)16(22-23)14-6-4-10-24(12-14)19(25)13-5-3-7-15(11-13)26-2/h3,5,7-9,11,14H,4,6,10,12H2,1-2H3/t14-/m0/s1. The van der Waals surface area contributed by atoms with Crippen LogP contribution < -0.4 is 4.74 Å². The highest BCUT2D eigenvalue weighted by Gasteiger charge is 2.29. The van der Waals surface area contributed by atoms with E-state index >= 15 is 0 Å². The summed E-state index contributed by atoms with van der Waals surface area (Å²) in [6, 6.07) is 7.30. The summed E-state index contributed by atoms with van der Waals surface area (Å²) in [5.74, 6) is 0.883. The maximum atomic E-state index is 12.9. The number of piperidine rings is 1. The van der Waals surface area contributed by atoms with E-state index in [1.807, 2.05) is 30.1 Å². The number of fused-ring (bicyclic) bond motifs is 1. The smallest absolute Gasteiger partial charge is 0.254 e. The lowest BCUT2D eigenvalue weighted by Gasteiger charge is -2.32. The molecule has 7 nitrogen and oxygen atoms in total. The fourth-order valence-corrected chi connectivity index (χ4v) is 3.60. The Hall–Kier alpha value is -2.96. The zero-order chi connectivity index (χ0) is 18.1. The summed E-state index contributed by atoms with van der Waals surface area (Å²) < 4.78 is 7.00. The Labute approximate surface area is 151 Å². The van der Waals surface area contributed by atoms with Gasteiger partial charge in [0, 0.05) is 44.0 Å². The molecule has 1 aromatic carbocycles. The number of ether oxygens (including phenoxy) is 1. The van der Waals surface area contributed by atoms with Gasteiger partial charge in [0.25, 0.3) is 5.91 Å². The molecule has 0 spiro atoms. The number of nitrogens with zero attached hydrogens (tertiary/aromatic N) is 5. The fourth-order valence-electron chi connectivity index (χ4n) is 3.60. The van der Waals surface area contributed by atoms with E-state index in [1.165, 1.54) is 0 Å². The van der Waals surface area contributed by atoms with Gasteiger partial charge in [0.05, 0.1) is 12.8 Å². The van der Waals surface area contributed by atoms with Crippen LogP contribution in [0.4, 0.5) is 0 Å². The molecule has 7 heteroatoms. The Morgan fingerprint density at radius 1 is 1.27 bits per heavy atom. The first-order chi connectivity index (χ1) is 12.7. The van der Waals surface area contributed by atoms with E-state index < -0.39 is 0 Å². The Morgan fingerprint density at radius 3 is 2.96 bits per heavy atom. The molecule has 1 aliphatic rings. The van der Waals surface area contributed by atoms with E-state index in [0.29, 0.717) is 17.9 Å². The summed E-state index contributed by atoms with van der Waals surface area (Å²) in [4.78, 5) is 23.7. The van der Waals surface area contributed by atoms with Crippen molar-refractivity contribution in [2.75, 3.05) is 20.2 Å². The third kappa shape index (κ3) is 2.89. The number of rotatable bonds is 3. The maximum absolute atomic E-state index is 12.9. The van der Waals surface area contributed by atoms with Crippen molar-refractivity contribution in [2.24, 2.45) is 7.05 Å². The first-order valence-corrected chi connectivity index (χ1v) is 8.74. The number of aromatic nitrogens is 4. The highest BCUT2D eigenvalue weighted by Crippen LogP contribution is 2.30. The minimum atomic E-state index is 0.0277. The van der Waals surface area contributed by atoms with Crippen LogP contribution in [0.15, 0.2) is 36.7 Å². The first-order valence-electron chi connectivity index (χ1n) is 8.74. The van der Waals surface area contributed by atoms with Crippen molar-refractivity contribution in [2.45, 2.75) is 18.8 Å². The van der Waals surface area contributed by atoms with Crippen molar-refractivity contribution >= 4 is 17.1 Å². The first kappa shape index (κ1) is 16.5. The van der Waals surface area contributed by atoms with Crippen LogP contribution in [0.25, 0.3) is 11.2 Å². The summed E-state index contributed by atoms with van der Waals surface area (Å²) >= 11 is 0. The van der Waals surface area contributed by atoms with Crippen LogP contribution in [0.5, 0.6) is 5.75 Å². The maximum Gasteiger partial charge on any atom is 0.254 e. The summed E-state index contributed by atoms with van der Waals surface area (Å²) in [5.41, 5.74) is 3.18. The molecule has 134 valence electrons. The number of benzene rings is 1. The van der Waals surface area contributed by atoms with Crippen LogP contribution >= 0.6 is 0 Å². The molecule has 0 aliphatic carbocycles. The minimum absolute atomic E-state index is 0.0277. The number of methoxy groups -OCH3 is 1. The van der Waals surface area contributed by atoms with Gasteiger partial charge in [-0.15, -0.1) is 0 Å². The topological polar surface area (TPSA) is 73.1 Å². The van der Waals surface area contributed by atoms with Gasteiger partial charge in [-0.2, -0.15) is 5.10 Å². The monoisotopic (exact) mass is 351 g/mol. The summed E-state index contributed by atoms with van der Waals surface area (Å²) in [7, 11) is 3.48. The predicted molar refractivity (Wildman–Crippen MR) is 97.2 cm³/mol. The molecule has 1 amide bonds. The third-order valence-corrected chi connectivity index (χ3v) is 4.90. The number of carbonyl (C=O) groups excluding carboxylic acids is 1. The van der Waals surface area contributed by atoms with Crippen molar-refractivity contribution in [1.82, 2.24) is 24.6 Å². The van der Waals surface area contributed by atoms with Crippen LogP contribution in [0.2, 0.25) is 0 Å². The van der Waals surface area contributed by atoms with Crippen molar-refractivity contribution in [3.63, 3.8) is 0 Å². The summed E-state index contributed by atoms with van der Waals surface area (Å²) in [6.07, 6.45) is 5.30. The van der Waals surface area contributed by atoms with Crippen LogP contribution in [-0.4, -0.2) is 50.8 Å². The van der Waals surface area contributed by atoms with Crippen molar-refractivity contribution < 1.29 is 9.53 Å². The predicted octanol–water partition coefficient (Wildman–Crippen LogP) is 2.39. The summed E-state index contributed by atoms with van der Waals surface area (Å²) in [5, 5.41) is 4.64. The zero-order valence-corrected chi connectivity index (χ0v) is 14.9. The van der Waals surface area contributed by atoms with E-state index in [2.05, 4.69) is 15.1 Å². The normalized spacial score (nSPS) is 17.5. The number of hydrogen-bond donors (Lipinski definition) is 0. The van der Waals surface area contributed by atoms with Gasteiger partial charge >= 0.3 is 0 Å². The second kappa shape index (κ2) is 6.74. The third-order valence-electron chi connectivity index (χ3n) is 4.90. The van der Waals surface area contributed by atoms with Gasteiger partial charge in [-0.25, -0.2) is 14.6 Å². The molecule has 0 bridgehead atoms. The Morgan fingerprint density at radius 2 is 2.12 bits per heavy atom. The van der Waals surface area contributed by atoms with E-state index in [0.717, 1.165) is 36.2 Å². The molecule has 1 aliphatic heterocycles. The number of aryl methyl sites for hydroxylation is 1. The van der Waals surface area contributed by atoms with E-state index in [4.69, 9.17) is 4.74 Å². The minimum Gasteiger partial charge on any atom is -0.497 e. The molecular formula is C19H21N5O2. The Bertz CT molecular complexity index is 952. The molecule has 4 rings (SSSR count). The lowest BCUT2D eigenvalue weighted by atomic mass is 9.94. The average Bonchev–Trinajstić information content (AvgIpc) is 3.04. The van der Waals surface area contributed by atoms with Gasteiger partial charge < -0.3 is 9.64 Å². The molecule has 1 atom stereocenters. The highest BCUT2D eigenvalue weighted by molar-refractivity contribution is 5.94. The van der Waals surface area contributed by atoms with Crippen LogP contribution in [0.3, 0.4) is 0 Å². The SMILES string of the molecule is COc1cccc(C(=O)N2CCC[C@H](c3nn(C)c4nccnc34)C2)c1. The largest absolute Gasteiger partial charge is 0.497 e. The van der Waals surface area contributed by atoms with Gasteiger partial charge in [-0.05, 0) is 31.0 Å².